The van der Waals surface area contributed by atoms with Crippen molar-refractivity contribution in [2.45, 2.75) is 13.3 Å². The fourth-order valence-corrected chi connectivity index (χ4v) is 1.01. The van der Waals surface area contributed by atoms with Crippen molar-refractivity contribution in [2.24, 2.45) is 5.73 Å². The molecule has 3 N–H and O–H groups in total. The summed E-state index contributed by atoms with van der Waals surface area (Å²) in [4.78, 5) is 10.9. The van der Waals surface area contributed by atoms with Gasteiger partial charge in [-0.1, -0.05) is 19.1 Å². The zero-order valence-corrected chi connectivity index (χ0v) is 11.5. The van der Waals surface area contributed by atoms with Gasteiger partial charge in [-0.2, -0.15) is 8.42 Å². The lowest BCUT2D eigenvalue weighted by atomic mass is 10.2. The van der Waals surface area contributed by atoms with Gasteiger partial charge in [-0.3, -0.25) is 13.5 Å². The third-order valence-corrected chi connectivity index (χ3v) is 2.25. The number of benzene rings is 1. The Morgan fingerprint density at radius 1 is 1.37 bits per heavy atom. The summed E-state index contributed by atoms with van der Waals surface area (Å²) in [6, 6.07) is 6.99. The fraction of sp³-hybridized carbons (Fsp3) is 0.364. The van der Waals surface area contributed by atoms with Gasteiger partial charge in [-0.05, 0) is 18.6 Å². The first-order valence-electron chi connectivity index (χ1n) is 5.36. The van der Waals surface area contributed by atoms with E-state index in [1.165, 1.54) is 0 Å². The monoisotopic (exact) mass is 291 g/mol. The lowest BCUT2D eigenvalue weighted by Gasteiger charge is -2.07. The Kier molecular flexibility index (Phi) is 7.73. The van der Waals surface area contributed by atoms with Crippen molar-refractivity contribution < 1.29 is 26.7 Å². The summed E-state index contributed by atoms with van der Waals surface area (Å²) in [6.07, 6.45) is 0.910. The van der Waals surface area contributed by atoms with E-state index in [4.69, 9.17) is 15.0 Å². The van der Waals surface area contributed by atoms with Crippen LogP contribution in [-0.2, 0) is 14.6 Å². The average Bonchev–Trinajstić information content (AvgIpc) is 2.36. The average molecular weight is 291 g/mol. The third kappa shape index (κ3) is 8.14. The molecule has 108 valence electrons. The summed E-state index contributed by atoms with van der Waals surface area (Å²) < 4.78 is 35.1. The van der Waals surface area contributed by atoms with E-state index in [9.17, 15) is 13.2 Å². The van der Waals surface area contributed by atoms with Crippen LogP contribution in [0.15, 0.2) is 24.3 Å². The summed E-state index contributed by atoms with van der Waals surface area (Å²) in [6.45, 7) is 2.61. The van der Waals surface area contributed by atoms with E-state index < -0.39 is 16.3 Å². The van der Waals surface area contributed by atoms with Gasteiger partial charge in [0, 0.05) is 0 Å². The van der Waals surface area contributed by atoms with E-state index in [2.05, 4.69) is 4.18 Å². The minimum Gasteiger partial charge on any atom is -0.493 e. The number of para-hydroxylation sites is 1. The smallest absolute Gasteiger partial charge is 0.397 e. The van der Waals surface area contributed by atoms with Crippen LogP contribution in [0.2, 0.25) is 0 Å². The molecule has 0 heterocycles. The molecule has 1 aromatic carbocycles. The molecule has 0 unspecified atom stereocenters. The predicted molar refractivity (Wildman–Crippen MR) is 69.3 cm³/mol. The molecule has 1 aromatic rings. The molecule has 0 radical (unpaired) electrons. The number of nitrogens with two attached hydrogens (primary N) is 1. The highest BCUT2D eigenvalue weighted by molar-refractivity contribution is 7.80. The maximum atomic E-state index is 10.9. The molecule has 19 heavy (non-hydrogen) atoms. The summed E-state index contributed by atoms with van der Waals surface area (Å²) in [7, 11) is -3.29. The molecular formula is C11H17NO6S. The molecule has 0 aliphatic carbocycles. The largest absolute Gasteiger partial charge is 0.493 e. The van der Waals surface area contributed by atoms with Crippen LogP contribution in [0.1, 0.15) is 23.7 Å². The standard InChI is InChI=1S/C10H13NO2.CH4O4S/c1-2-7-13-9-6-4-3-5-8(9)10(11)12;1-5-6(2,3)4/h3-6H,2,7H2,1H3,(H2,11,12);1H3,(H,2,3,4). The number of amides is 1. The van der Waals surface area contributed by atoms with Crippen LogP contribution >= 0.6 is 0 Å². The minimum atomic E-state index is -4.16. The molecule has 0 spiro atoms. The molecular weight excluding hydrogens is 274 g/mol. The summed E-state index contributed by atoms with van der Waals surface area (Å²) >= 11 is 0. The summed E-state index contributed by atoms with van der Waals surface area (Å²) in [5.41, 5.74) is 5.61. The first-order chi connectivity index (χ1) is 8.81. The number of hydrogen-bond donors (Lipinski definition) is 2. The van der Waals surface area contributed by atoms with Crippen molar-refractivity contribution in [3.05, 3.63) is 29.8 Å². The molecule has 0 aliphatic rings. The van der Waals surface area contributed by atoms with E-state index in [0.717, 1.165) is 13.5 Å². The second-order valence-corrected chi connectivity index (χ2v) is 4.49. The van der Waals surface area contributed by atoms with E-state index in [1.54, 1.807) is 18.2 Å². The van der Waals surface area contributed by atoms with Crippen LogP contribution in [0, 0.1) is 0 Å². The van der Waals surface area contributed by atoms with Crippen LogP contribution in [0.5, 0.6) is 5.75 Å². The Labute approximate surface area is 112 Å². The quantitative estimate of drug-likeness (QED) is 0.782. The number of hydrogen-bond acceptors (Lipinski definition) is 5. The van der Waals surface area contributed by atoms with E-state index in [0.29, 0.717) is 17.9 Å². The number of carbonyl (C=O) groups excluding carboxylic acids is 1. The van der Waals surface area contributed by atoms with Crippen molar-refractivity contribution >= 4 is 16.3 Å². The Bertz CT molecular complexity index is 500. The van der Waals surface area contributed by atoms with Gasteiger partial charge in [-0.25, -0.2) is 0 Å². The van der Waals surface area contributed by atoms with Crippen molar-refractivity contribution in [3.8, 4) is 5.75 Å². The number of ether oxygens (including phenoxy) is 1. The van der Waals surface area contributed by atoms with E-state index in [1.807, 2.05) is 13.0 Å². The van der Waals surface area contributed by atoms with Gasteiger partial charge in [0.05, 0.1) is 19.3 Å². The third-order valence-electron chi connectivity index (χ3n) is 1.82. The van der Waals surface area contributed by atoms with E-state index in [-0.39, 0.29) is 0 Å². The Balaban J connectivity index is 0.000000459. The van der Waals surface area contributed by atoms with Gasteiger partial charge in [0.1, 0.15) is 5.75 Å². The van der Waals surface area contributed by atoms with Crippen molar-refractivity contribution in [1.29, 1.82) is 0 Å². The van der Waals surface area contributed by atoms with Gasteiger partial charge in [-0.15, -0.1) is 0 Å². The lowest BCUT2D eigenvalue weighted by molar-refractivity contribution is 0.0996. The van der Waals surface area contributed by atoms with Crippen LogP contribution < -0.4 is 10.5 Å². The van der Waals surface area contributed by atoms with Crippen LogP contribution in [0.4, 0.5) is 0 Å². The maximum Gasteiger partial charge on any atom is 0.397 e. The first-order valence-corrected chi connectivity index (χ1v) is 6.73. The minimum absolute atomic E-state index is 0.441. The molecule has 0 atom stereocenters. The topological polar surface area (TPSA) is 116 Å². The molecule has 1 amide bonds. The highest BCUT2D eigenvalue weighted by atomic mass is 32.3. The molecule has 0 saturated heterocycles. The predicted octanol–water partition coefficient (Wildman–Crippen LogP) is 1.01. The van der Waals surface area contributed by atoms with Gasteiger partial charge in [0.15, 0.2) is 0 Å². The van der Waals surface area contributed by atoms with Gasteiger partial charge in [0.25, 0.3) is 5.91 Å². The first kappa shape index (κ1) is 17.4. The van der Waals surface area contributed by atoms with Crippen molar-refractivity contribution in [2.75, 3.05) is 13.7 Å². The summed E-state index contributed by atoms with van der Waals surface area (Å²) in [5, 5.41) is 0. The van der Waals surface area contributed by atoms with Crippen LogP contribution in [0.25, 0.3) is 0 Å². The van der Waals surface area contributed by atoms with E-state index >= 15 is 0 Å². The van der Waals surface area contributed by atoms with Gasteiger partial charge >= 0.3 is 10.4 Å². The van der Waals surface area contributed by atoms with Gasteiger partial charge in [0.2, 0.25) is 0 Å². The Morgan fingerprint density at radius 2 is 1.89 bits per heavy atom. The Morgan fingerprint density at radius 3 is 2.32 bits per heavy atom. The lowest BCUT2D eigenvalue weighted by Crippen LogP contribution is -2.13. The highest BCUT2D eigenvalue weighted by Crippen LogP contribution is 2.16. The summed E-state index contributed by atoms with van der Waals surface area (Å²) in [5.74, 6) is 0.114. The fourth-order valence-electron chi connectivity index (χ4n) is 1.01. The molecule has 0 bridgehead atoms. The van der Waals surface area contributed by atoms with Crippen LogP contribution in [0.3, 0.4) is 0 Å². The second-order valence-electron chi connectivity index (χ2n) is 3.30. The second kappa shape index (κ2) is 8.46. The molecule has 8 heteroatoms. The maximum absolute atomic E-state index is 10.9. The SMILES string of the molecule is CCCOc1ccccc1C(N)=O.COS(=O)(=O)O. The molecule has 0 fully saturated rings. The Hall–Kier alpha value is -1.64. The highest BCUT2D eigenvalue weighted by Gasteiger charge is 2.06. The van der Waals surface area contributed by atoms with Crippen molar-refractivity contribution in [3.63, 3.8) is 0 Å². The number of primary amides is 1. The van der Waals surface area contributed by atoms with Gasteiger partial charge < -0.3 is 10.5 Å². The van der Waals surface area contributed by atoms with Crippen molar-refractivity contribution in [1.82, 2.24) is 0 Å². The molecule has 7 nitrogen and oxygen atoms in total. The molecule has 1 rings (SSSR count). The zero-order valence-electron chi connectivity index (χ0n) is 10.7. The molecule has 0 saturated carbocycles. The van der Waals surface area contributed by atoms with Crippen LogP contribution in [-0.4, -0.2) is 32.6 Å². The zero-order chi connectivity index (χ0) is 14.9. The number of rotatable bonds is 5. The normalized spacial score (nSPS) is 10.3. The molecule has 0 aromatic heterocycles. The number of carbonyl (C=O) groups is 1. The molecule has 0 aliphatic heterocycles.